The maximum absolute atomic E-state index is 13.3. The SMILES string of the molecule is BrCc1noc2ccccc12.CC[C@H]1O[C@@H](n2ccc(=O)[nH]c2=O)[C@@H](OC(C)=O)C1OC(C)=O.CC[C@H]1O[C@@H](n2ccc(=O)n(Cc3noc4ccccc34)c2=O)[C@@H](OC(C)=O)C1OC(C)=O.CO.N.O=c1ccn([C@@H]2O[C@H](CO)C(O)[C@@H]2O)c(=O)n1Cc1noc2ccccc12.[Y].[Y].[Y].[Y].[Y]. The number of aromatic nitrogens is 9. The number of hydrogen-bond donors (Lipinski definition) is 6. The van der Waals surface area contributed by atoms with Gasteiger partial charge < -0.3 is 73.3 Å². The van der Waals surface area contributed by atoms with E-state index in [4.69, 9.17) is 51.8 Å². The van der Waals surface area contributed by atoms with Gasteiger partial charge in [0.15, 0.2) is 59.8 Å². The van der Waals surface area contributed by atoms with Crippen molar-refractivity contribution in [3.05, 3.63) is 189 Å². The van der Waals surface area contributed by atoms with Crippen molar-refractivity contribution in [1.82, 2.24) is 49.4 Å². The van der Waals surface area contributed by atoms with E-state index >= 15 is 0 Å². The van der Waals surface area contributed by atoms with Crippen molar-refractivity contribution >= 4 is 72.7 Å². The van der Waals surface area contributed by atoms with Crippen LogP contribution in [-0.4, -0.2) is 156 Å². The van der Waals surface area contributed by atoms with Crippen molar-refractivity contribution in [1.29, 1.82) is 0 Å². The topological polar surface area (TPSA) is 470 Å². The van der Waals surface area contributed by atoms with Crippen LogP contribution in [0.3, 0.4) is 0 Å². The van der Waals surface area contributed by atoms with Gasteiger partial charge in [0.1, 0.15) is 47.6 Å². The number of halogens is 1. The van der Waals surface area contributed by atoms with E-state index in [1.165, 1.54) is 52.4 Å². The molecule has 535 valence electrons. The largest absolute Gasteiger partial charge is 0.456 e. The van der Waals surface area contributed by atoms with Crippen LogP contribution in [-0.2, 0) is 234 Å². The van der Waals surface area contributed by atoms with Crippen LogP contribution >= 0.6 is 15.9 Å². The average molecular weight is 1860 g/mol. The van der Waals surface area contributed by atoms with E-state index in [1.54, 1.807) is 48.5 Å². The van der Waals surface area contributed by atoms with Crippen LogP contribution in [0.5, 0.6) is 0 Å². The third-order valence-corrected chi connectivity index (χ3v) is 15.6. The maximum atomic E-state index is 13.3. The van der Waals surface area contributed by atoms with Gasteiger partial charge in [-0.05, 0) is 49.2 Å². The summed E-state index contributed by atoms with van der Waals surface area (Å²) in [5.41, 5.74) is -0.138. The Hall–Kier alpha value is -4.33. The number of nitrogens with zero attached hydrogens (tertiary/aromatic N) is 8. The number of aliphatic hydroxyl groups excluding tert-OH is 4. The Bertz CT molecular complexity index is 4600. The van der Waals surface area contributed by atoms with Crippen molar-refractivity contribution in [2.75, 3.05) is 13.7 Å². The molecular formula is C62H71BrN10O24Y5. The number of benzene rings is 3. The number of rotatable bonds is 15. The molecule has 34 nitrogen and oxygen atoms in total. The fraction of sp³-hybridized carbons (Fsp3) is 0.403. The second-order valence-corrected chi connectivity index (χ2v) is 21.9. The molecule has 6 aromatic heterocycles. The Morgan fingerprint density at radius 3 is 1.20 bits per heavy atom. The van der Waals surface area contributed by atoms with E-state index in [0.29, 0.717) is 46.2 Å². The molecule has 8 N–H and O–H groups in total. The summed E-state index contributed by atoms with van der Waals surface area (Å²) in [7, 11) is 1.00. The molecule has 3 saturated heterocycles. The molecule has 0 bridgehead atoms. The number of fused-ring (bicyclic) bond motifs is 3. The second kappa shape index (κ2) is 44.1. The summed E-state index contributed by atoms with van der Waals surface area (Å²) >= 11 is 3.34. The Labute approximate surface area is 712 Å². The van der Waals surface area contributed by atoms with Crippen LogP contribution in [0.25, 0.3) is 32.9 Å². The van der Waals surface area contributed by atoms with E-state index in [-0.39, 0.29) is 183 Å². The second-order valence-electron chi connectivity index (χ2n) is 21.4. The van der Waals surface area contributed by atoms with Gasteiger partial charge in [0.05, 0.1) is 19.7 Å². The van der Waals surface area contributed by atoms with Gasteiger partial charge in [-0.2, -0.15) is 0 Å². The number of ether oxygens (including phenoxy) is 7. The molecule has 3 aromatic carbocycles. The number of aliphatic hydroxyl groups is 4. The van der Waals surface area contributed by atoms with E-state index in [9.17, 15) is 63.3 Å². The summed E-state index contributed by atoms with van der Waals surface area (Å²) < 4.78 is 58.9. The number of hydrogen-bond acceptors (Lipinski definition) is 28. The minimum absolute atomic E-state index is 0. The molecule has 3 aliphatic rings. The minimum Gasteiger partial charge on any atom is -0.456 e. The van der Waals surface area contributed by atoms with Crippen molar-refractivity contribution < 1.29 is 250 Å². The maximum Gasteiger partial charge on any atom is 0.333 e. The van der Waals surface area contributed by atoms with Crippen molar-refractivity contribution in [2.45, 2.75) is 146 Å². The van der Waals surface area contributed by atoms with Crippen molar-refractivity contribution in [3.8, 4) is 0 Å². The third-order valence-electron chi connectivity index (χ3n) is 15.1. The number of alkyl halides is 1. The number of nitrogens with one attached hydrogen (secondary N) is 1. The fourth-order valence-electron chi connectivity index (χ4n) is 10.7. The molecule has 102 heavy (non-hydrogen) atoms. The number of aromatic amines is 1. The van der Waals surface area contributed by atoms with Crippen molar-refractivity contribution in [2.24, 2.45) is 0 Å². The standard InChI is InChI=1S/C22H23N3O8.C17H17N3O7.C14H18N2O7.C8H6BrNO.CH4O.H3N.5Y/c1-4-16-19(30-12(2)26)20(31-13(3)27)21(32-16)24-10-9-18(28)25(22(24)29)11-15-14-7-5-6-8-17(14)33-23-15;21-8-12-14(23)15(24)16(26-12)19-6-5-13(22)20(17(19)25)7-10-9-3-1-2-4-11(9)27-18-10;1-4-9-11(21-7(2)17)12(22-8(3)18)13(23-9)16-6-5-10(19)15-14(16)20;9-5-7-6-3-1-2-4-8(6)11-10-7;1-2;;;;;;/h5-10,16,19-21H,4,11H2,1-3H3;1-6,12,14-16,21,23-24H,7-8H2;5-6,9,11-13H,4H2,1-3H3,(H,15,19,20);1-4H,5H2;2H,1H3;1H3;;;;;/t16-,19?,20+,21-;12-,14?,15+,16-;9-,11?,12+,13-;;;;;;;;/m111......../s1. The normalized spacial score (nSPS) is 21.2. The first-order valence-electron chi connectivity index (χ1n) is 29.6. The first-order chi connectivity index (χ1) is 46.0. The molecule has 12 atom stereocenters. The predicted octanol–water partition coefficient (Wildman–Crippen LogP) is 2.37. The molecule has 9 heterocycles. The first kappa shape index (κ1) is 93.8. The predicted molar refractivity (Wildman–Crippen MR) is 341 cm³/mol. The van der Waals surface area contributed by atoms with Gasteiger partial charge in [-0.3, -0.25) is 61.4 Å². The van der Waals surface area contributed by atoms with Crippen LogP contribution < -0.4 is 39.9 Å². The Morgan fingerprint density at radius 1 is 0.490 bits per heavy atom. The molecule has 5 radical (unpaired) electrons. The minimum atomic E-state index is -1.43. The smallest absolute Gasteiger partial charge is 0.333 e. The summed E-state index contributed by atoms with van der Waals surface area (Å²) in [5.74, 6) is -2.35. The molecule has 9 aromatic rings. The van der Waals surface area contributed by atoms with E-state index < -0.39 is 138 Å². The molecular weight excluding hydrogens is 1790 g/mol. The third kappa shape index (κ3) is 22.6. The zero-order valence-electron chi connectivity index (χ0n) is 56.1. The van der Waals surface area contributed by atoms with Crippen LogP contribution in [0.15, 0.2) is 152 Å². The number of carbonyl (C=O) groups excluding carboxylic acids is 4. The number of para-hydroxylation sites is 3. The van der Waals surface area contributed by atoms with Crippen LogP contribution in [0, 0.1) is 0 Å². The average Bonchev–Trinajstić information content (AvgIpc) is 1.59. The van der Waals surface area contributed by atoms with Gasteiger partial charge >= 0.3 is 40.9 Å². The zero-order chi connectivity index (χ0) is 69.7. The Morgan fingerprint density at radius 2 is 0.833 bits per heavy atom. The Balaban J connectivity index is 0.000000469. The molecule has 12 rings (SSSR count). The molecule has 3 aliphatic heterocycles. The van der Waals surface area contributed by atoms with E-state index in [0.717, 1.165) is 64.1 Å². The van der Waals surface area contributed by atoms with E-state index in [2.05, 4.69) is 36.4 Å². The summed E-state index contributed by atoms with van der Waals surface area (Å²) in [6, 6.07) is 25.5. The summed E-state index contributed by atoms with van der Waals surface area (Å²) in [6.07, 6.45) is -7.53. The van der Waals surface area contributed by atoms with Gasteiger partial charge in [0.25, 0.3) is 16.7 Å². The van der Waals surface area contributed by atoms with Crippen LogP contribution in [0.2, 0.25) is 0 Å². The molecule has 0 spiro atoms. The van der Waals surface area contributed by atoms with Gasteiger partial charge in [-0.25, -0.2) is 14.4 Å². The fourth-order valence-corrected chi connectivity index (χ4v) is 11.1. The zero-order valence-corrected chi connectivity index (χ0v) is 71.8. The quantitative estimate of drug-likeness (QED) is 0.0487. The van der Waals surface area contributed by atoms with Crippen LogP contribution in [0.4, 0.5) is 0 Å². The summed E-state index contributed by atoms with van der Waals surface area (Å²) in [5, 5.41) is 51.2. The van der Waals surface area contributed by atoms with Gasteiger partial charge in [0, 0.05) is 257 Å². The monoisotopic (exact) mass is 1860 g/mol. The van der Waals surface area contributed by atoms with Crippen LogP contribution in [0.1, 0.15) is 90.1 Å². The molecule has 3 fully saturated rings. The van der Waals surface area contributed by atoms with Gasteiger partial charge in [-0.1, -0.05) is 81.6 Å². The molecule has 3 unspecified atom stereocenters. The van der Waals surface area contributed by atoms with Crippen molar-refractivity contribution in [3.63, 3.8) is 0 Å². The molecule has 0 aliphatic carbocycles. The number of esters is 4. The number of carbonyl (C=O) groups is 4. The summed E-state index contributed by atoms with van der Waals surface area (Å²) in [4.78, 5) is 122. The van der Waals surface area contributed by atoms with Gasteiger partial charge in [0.2, 0.25) is 0 Å². The molecule has 40 heteroatoms. The van der Waals surface area contributed by atoms with Gasteiger partial charge in [-0.15, -0.1) is 0 Å². The molecule has 0 saturated carbocycles. The summed E-state index contributed by atoms with van der Waals surface area (Å²) in [6.45, 7) is 7.72. The molecule has 0 amide bonds. The number of H-pyrrole nitrogens is 1. The van der Waals surface area contributed by atoms with E-state index in [1.807, 2.05) is 38.1 Å². The Kier molecular flexibility index (Phi) is 40.5. The first-order valence-corrected chi connectivity index (χ1v) is 30.8.